The van der Waals surface area contributed by atoms with Crippen molar-refractivity contribution in [1.82, 2.24) is 14.8 Å². The summed E-state index contributed by atoms with van der Waals surface area (Å²) in [5.74, 6) is 1.05. The van der Waals surface area contributed by atoms with E-state index < -0.39 is 5.60 Å². The number of pyridine rings is 1. The Morgan fingerprint density at radius 2 is 1.73 bits per heavy atom. The largest absolute Gasteiger partial charge is 0.375 e. The molecule has 4 rings (SSSR count). The van der Waals surface area contributed by atoms with Gasteiger partial charge in [-0.2, -0.15) is 0 Å². The molecule has 2 aliphatic rings. The van der Waals surface area contributed by atoms with E-state index in [1.807, 2.05) is 43.4 Å². The normalized spacial score (nSPS) is 18.1. The fourth-order valence-electron chi connectivity index (χ4n) is 5.51. The maximum Gasteiger partial charge on any atom is 0.259 e. The highest BCUT2D eigenvalue weighted by atomic mass is 35.5. The molecule has 1 N–H and O–H groups in total. The van der Waals surface area contributed by atoms with Crippen LogP contribution >= 0.6 is 11.6 Å². The van der Waals surface area contributed by atoms with E-state index in [4.69, 9.17) is 11.6 Å². The molecule has 2 amide bonds. The summed E-state index contributed by atoms with van der Waals surface area (Å²) in [5.41, 5.74) is -0.308. The van der Waals surface area contributed by atoms with Gasteiger partial charge in [-0.15, -0.1) is 0 Å². The Balaban J connectivity index is 1.26. The van der Waals surface area contributed by atoms with Crippen LogP contribution in [0.25, 0.3) is 0 Å². The second kappa shape index (κ2) is 11.8. The summed E-state index contributed by atoms with van der Waals surface area (Å²) < 4.78 is 0. The molecule has 1 aliphatic heterocycles. The number of nitrogens with zero attached hydrogens (tertiary/aromatic N) is 4. The van der Waals surface area contributed by atoms with E-state index in [0.717, 1.165) is 63.9 Å². The quantitative estimate of drug-likeness (QED) is 0.484. The molecule has 0 bridgehead atoms. The lowest BCUT2D eigenvalue weighted by atomic mass is 9.69. The first-order valence-electron chi connectivity index (χ1n) is 13.4. The number of halogens is 1. The van der Waals surface area contributed by atoms with Gasteiger partial charge in [-0.3, -0.25) is 9.59 Å². The van der Waals surface area contributed by atoms with Crippen molar-refractivity contribution in [2.24, 2.45) is 11.8 Å². The van der Waals surface area contributed by atoms with Crippen molar-refractivity contribution in [2.45, 2.75) is 50.5 Å². The number of piperidine rings is 1. The van der Waals surface area contributed by atoms with E-state index >= 15 is 0 Å². The van der Waals surface area contributed by atoms with E-state index in [9.17, 15) is 14.7 Å². The number of hydrogen-bond acceptors (Lipinski definition) is 5. The minimum Gasteiger partial charge on any atom is -0.375 e. The van der Waals surface area contributed by atoms with Crippen LogP contribution in [0.2, 0.25) is 5.15 Å². The lowest BCUT2D eigenvalue weighted by Crippen LogP contribution is -2.52. The third kappa shape index (κ3) is 5.93. The highest BCUT2D eigenvalue weighted by molar-refractivity contribution is 6.32. The summed E-state index contributed by atoms with van der Waals surface area (Å²) in [7, 11) is 5.21. The molecule has 200 valence electrons. The summed E-state index contributed by atoms with van der Waals surface area (Å²) in [5, 5.41) is 11.8. The standard InChI is InChI=1S/C29H39ClN4O3/c1-32(2)27(35)24-14-15-25(31-26(24)30)34-19-16-21(17-20-34)9-8-18-33(3)28(36)29(37,23-12-7-13-23)22-10-5-4-6-11-22/h4-6,10-11,14-15,21,23,37H,7-9,12-13,16-20H2,1-3H3/t29-/m1/s1. The van der Waals surface area contributed by atoms with Crippen LogP contribution in [0.3, 0.4) is 0 Å². The lowest BCUT2D eigenvalue weighted by Gasteiger charge is -2.42. The monoisotopic (exact) mass is 526 g/mol. The highest BCUT2D eigenvalue weighted by Gasteiger charge is 2.48. The molecule has 1 aliphatic carbocycles. The van der Waals surface area contributed by atoms with Crippen LogP contribution in [0.15, 0.2) is 42.5 Å². The van der Waals surface area contributed by atoms with Gasteiger partial charge in [-0.25, -0.2) is 4.98 Å². The predicted octanol–water partition coefficient (Wildman–Crippen LogP) is 4.58. The van der Waals surface area contributed by atoms with Gasteiger partial charge < -0.3 is 19.8 Å². The molecule has 1 atom stereocenters. The second-order valence-corrected chi connectivity index (χ2v) is 11.1. The number of anilines is 1. The van der Waals surface area contributed by atoms with Crippen LogP contribution in [-0.2, 0) is 10.4 Å². The molecule has 2 fully saturated rings. The Labute approximate surface area is 225 Å². The topological polar surface area (TPSA) is 77.0 Å². The number of carbonyl (C=O) groups excluding carboxylic acids is 2. The highest BCUT2D eigenvalue weighted by Crippen LogP contribution is 2.43. The van der Waals surface area contributed by atoms with Gasteiger partial charge in [0.05, 0.1) is 5.56 Å². The summed E-state index contributed by atoms with van der Waals surface area (Å²) in [6.07, 6.45) is 6.89. The molecular weight excluding hydrogens is 488 g/mol. The number of carbonyl (C=O) groups is 2. The van der Waals surface area contributed by atoms with E-state index in [2.05, 4.69) is 9.88 Å². The Morgan fingerprint density at radius 1 is 1.05 bits per heavy atom. The number of aromatic nitrogens is 1. The van der Waals surface area contributed by atoms with Gasteiger partial charge in [0.1, 0.15) is 11.0 Å². The van der Waals surface area contributed by atoms with Crippen molar-refractivity contribution in [1.29, 1.82) is 0 Å². The summed E-state index contributed by atoms with van der Waals surface area (Å²) in [6.45, 7) is 2.41. The Kier molecular flexibility index (Phi) is 8.75. The number of benzene rings is 1. The first-order valence-corrected chi connectivity index (χ1v) is 13.8. The third-order valence-corrected chi connectivity index (χ3v) is 8.39. The maximum absolute atomic E-state index is 13.4. The SMILES string of the molecule is CN(C)C(=O)c1ccc(N2CCC(CCCN(C)C(=O)[C@@](O)(c3ccccc3)C3CCC3)CC2)nc1Cl. The van der Waals surface area contributed by atoms with Crippen LogP contribution < -0.4 is 4.90 Å². The van der Waals surface area contributed by atoms with Crippen LogP contribution in [-0.4, -0.2) is 72.5 Å². The number of amides is 2. The summed E-state index contributed by atoms with van der Waals surface area (Å²) in [6, 6.07) is 13.1. The Bertz CT molecular complexity index is 1080. The van der Waals surface area contributed by atoms with Gasteiger partial charge >= 0.3 is 0 Å². The van der Waals surface area contributed by atoms with Crippen molar-refractivity contribution in [3.05, 3.63) is 58.7 Å². The van der Waals surface area contributed by atoms with Crippen LogP contribution in [0.5, 0.6) is 0 Å². The summed E-state index contributed by atoms with van der Waals surface area (Å²) in [4.78, 5) is 35.6. The molecule has 7 nitrogen and oxygen atoms in total. The van der Waals surface area contributed by atoms with Crippen molar-refractivity contribution < 1.29 is 14.7 Å². The number of likely N-dealkylation sites (N-methyl/N-ethyl adjacent to an activating group) is 1. The van der Waals surface area contributed by atoms with Gasteiger partial charge in [0.15, 0.2) is 5.60 Å². The first kappa shape index (κ1) is 27.4. The number of rotatable bonds is 9. The molecule has 1 saturated heterocycles. The first-order chi connectivity index (χ1) is 17.7. The summed E-state index contributed by atoms with van der Waals surface area (Å²) >= 11 is 6.31. The number of hydrogen-bond donors (Lipinski definition) is 1. The van der Waals surface area contributed by atoms with Gasteiger partial charge in [-0.1, -0.05) is 48.4 Å². The maximum atomic E-state index is 13.4. The fourth-order valence-corrected chi connectivity index (χ4v) is 5.74. The molecule has 0 radical (unpaired) electrons. The Morgan fingerprint density at radius 3 is 2.30 bits per heavy atom. The second-order valence-electron chi connectivity index (χ2n) is 10.8. The van der Waals surface area contributed by atoms with E-state index in [1.54, 1.807) is 25.1 Å². The molecule has 2 heterocycles. The zero-order chi connectivity index (χ0) is 26.6. The van der Waals surface area contributed by atoms with Crippen molar-refractivity contribution in [3.8, 4) is 0 Å². The van der Waals surface area contributed by atoms with Crippen molar-refractivity contribution in [2.75, 3.05) is 45.7 Å². The third-order valence-electron chi connectivity index (χ3n) is 8.10. The predicted molar refractivity (Wildman–Crippen MR) is 147 cm³/mol. The fraction of sp³-hybridized carbons (Fsp3) is 0.552. The molecular formula is C29H39ClN4O3. The average Bonchev–Trinajstić information content (AvgIpc) is 2.87. The average molecular weight is 527 g/mol. The molecule has 1 aromatic heterocycles. The van der Waals surface area contributed by atoms with Gasteiger partial charge in [0.25, 0.3) is 11.8 Å². The minimum absolute atomic E-state index is 0.00800. The van der Waals surface area contributed by atoms with Crippen molar-refractivity contribution in [3.63, 3.8) is 0 Å². The van der Waals surface area contributed by atoms with E-state index in [0.29, 0.717) is 23.6 Å². The molecule has 1 saturated carbocycles. The van der Waals surface area contributed by atoms with E-state index in [-0.39, 0.29) is 22.9 Å². The van der Waals surface area contributed by atoms with Crippen LogP contribution in [0.1, 0.15) is 60.9 Å². The molecule has 0 spiro atoms. The smallest absolute Gasteiger partial charge is 0.259 e. The van der Waals surface area contributed by atoms with Gasteiger partial charge in [0.2, 0.25) is 0 Å². The Hall–Kier alpha value is -2.64. The zero-order valence-corrected chi connectivity index (χ0v) is 23.0. The molecule has 0 unspecified atom stereocenters. The van der Waals surface area contributed by atoms with E-state index in [1.165, 1.54) is 4.90 Å². The zero-order valence-electron chi connectivity index (χ0n) is 22.2. The van der Waals surface area contributed by atoms with Crippen molar-refractivity contribution >= 4 is 29.2 Å². The molecule has 37 heavy (non-hydrogen) atoms. The number of aliphatic hydroxyl groups is 1. The van der Waals surface area contributed by atoms with Crippen LogP contribution in [0, 0.1) is 11.8 Å². The minimum atomic E-state index is -1.43. The van der Waals surface area contributed by atoms with Gasteiger partial charge in [0, 0.05) is 46.7 Å². The molecule has 8 heteroatoms. The van der Waals surface area contributed by atoms with Crippen LogP contribution in [0.4, 0.5) is 5.82 Å². The lowest BCUT2D eigenvalue weighted by molar-refractivity contribution is -0.162. The molecule has 1 aromatic carbocycles. The molecule has 2 aromatic rings. The van der Waals surface area contributed by atoms with Gasteiger partial charge in [-0.05, 0) is 62.1 Å².